The Labute approximate surface area is 140 Å². The number of nitrogens with one attached hydrogen (secondary N) is 3. The van der Waals surface area contributed by atoms with Crippen molar-refractivity contribution < 1.29 is 4.79 Å². The minimum atomic E-state index is -0.315. The zero-order valence-electron chi connectivity index (χ0n) is 13.7. The molecule has 0 unspecified atom stereocenters. The Bertz CT molecular complexity index is 791. The second-order valence-corrected chi connectivity index (χ2v) is 5.48. The van der Waals surface area contributed by atoms with Crippen molar-refractivity contribution in [3.8, 4) is 0 Å². The SMILES string of the molecule is CC[C@H](c1ccc(NC(=O)Nc2ccn[nH]2)cc1)n1ccnc1C. The highest BCUT2D eigenvalue weighted by atomic mass is 16.2. The van der Waals surface area contributed by atoms with Crippen LogP contribution >= 0.6 is 0 Å². The molecule has 2 aromatic heterocycles. The fourth-order valence-corrected chi connectivity index (χ4v) is 2.71. The lowest BCUT2D eigenvalue weighted by Crippen LogP contribution is -2.19. The average molecular weight is 324 g/mol. The van der Waals surface area contributed by atoms with Gasteiger partial charge in [-0.2, -0.15) is 5.10 Å². The molecular weight excluding hydrogens is 304 g/mol. The van der Waals surface area contributed by atoms with Gasteiger partial charge in [0.15, 0.2) is 0 Å². The van der Waals surface area contributed by atoms with Crippen LogP contribution in [0.2, 0.25) is 0 Å². The van der Waals surface area contributed by atoms with Crippen LogP contribution in [0.3, 0.4) is 0 Å². The molecule has 0 radical (unpaired) electrons. The highest BCUT2D eigenvalue weighted by molar-refractivity contribution is 5.99. The van der Waals surface area contributed by atoms with E-state index in [4.69, 9.17) is 0 Å². The Morgan fingerprint density at radius 1 is 1.21 bits per heavy atom. The fourth-order valence-electron chi connectivity index (χ4n) is 2.71. The van der Waals surface area contributed by atoms with Crippen LogP contribution in [0.5, 0.6) is 0 Å². The van der Waals surface area contributed by atoms with E-state index in [0.29, 0.717) is 5.82 Å². The van der Waals surface area contributed by atoms with Crippen molar-refractivity contribution in [1.29, 1.82) is 0 Å². The maximum atomic E-state index is 11.9. The molecule has 0 fully saturated rings. The number of hydrogen-bond donors (Lipinski definition) is 3. The molecule has 0 aliphatic carbocycles. The van der Waals surface area contributed by atoms with E-state index in [0.717, 1.165) is 17.9 Å². The molecule has 7 nitrogen and oxygen atoms in total. The Hall–Kier alpha value is -3.09. The van der Waals surface area contributed by atoms with Crippen molar-refractivity contribution in [3.05, 3.63) is 60.3 Å². The van der Waals surface area contributed by atoms with Gasteiger partial charge in [0.1, 0.15) is 11.6 Å². The molecule has 24 heavy (non-hydrogen) atoms. The molecule has 3 N–H and O–H groups in total. The smallest absolute Gasteiger partial charge is 0.324 e. The number of benzene rings is 1. The summed E-state index contributed by atoms with van der Waals surface area (Å²) in [5, 5.41) is 11.9. The van der Waals surface area contributed by atoms with E-state index in [2.05, 4.69) is 37.3 Å². The number of rotatable bonds is 5. The van der Waals surface area contributed by atoms with Crippen LogP contribution in [-0.4, -0.2) is 25.8 Å². The molecule has 0 saturated heterocycles. The number of carbonyl (C=O) groups is 1. The summed E-state index contributed by atoms with van der Waals surface area (Å²) < 4.78 is 2.16. The first kappa shape index (κ1) is 15.8. The van der Waals surface area contributed by atoms with Crippen molar-refractivity contribution in [1.82, 2.24) is 19.7 Å². The number of H-pyrrole nitrogens is 1. The molecule has 1 atom stereocenters. The molecule has 2 heterocycles. The second-order valence-electron chi connectivity index (χ2n) is 5.48. The number of aromatic amines is 1. The summed E-state index contributed by atoms with van der Waals surface area (Å²) in [7, 11) is 0. The van der Waals surface area contributed by atoms with Crippen LogP contribution in [0.25, 0.3) is 0 Å². The van der Waals surface area contributed by atoms with E-state index >= 15 is 0 Å². The molecule has 0 aliphatic rings. The molecule has 0 spiro atoms. The van der Waals surface area contributed by atoms with Gasteiger partial charge in [-0.25, -0.2) is 9.78 Å². The maximum absolute atomic E-state index is 11.9. The number of nitrogens with zero attached hydrogens (tertiary/aromatic N) is 3. The molecule has 124 valence electrons. The topological polar surface area (TPSA) is 87.6 Å². The Morgan fingerprint density at radius 2 is 2.00 bits per heavy atom. The van der Waals surface area contributed by atoms with Gasteiger partial charge in [-0.05, 0) is 31.0 Å². The Morgan fingerprint density at radius 3 is 2.58 bits per heavy atom. The summed E-state index contributed by atoms with van der Waals surface area (Å²) in [6, 6.07) is 9.46. The zero-order valence-corrected chi connectivity index (χ0v) is 13.7. The van der Waals surface area contributed by atoms with Crippen molar-refractivity contribution in [2.24, 2.45) is 0 Å². The minimum Gasteiger partial charge on any atom is -0.328 e. The fraction of sp³-hybridized carbons (Fsp3) is 0.235. The highest BCUT2D eigenvalue weighted by Gasteiger charge is 2.13. The monoisotopic (exact) mass is 324 g/mol. The van der Waals surface area contributed by atoms with Gasteiger partial charge in [0.05, 0.1) is 12.2 Å². The first-order valence-corrected chi connectivity index (χ1v) is 7.84. The van der Waals surface area contributed by atoms with E-state index in [1.807, 2.05) is 43.6 Å². The summed E-state index contributed by atoms with van der Waals surface area (Å²) in [6.45, 7) is 4.15. The van der Waals surface area contributed by atoms with Gasteiger partial charge in [-0.15, -0.1) is 0 Å². The summed E-state index contributed by atoms with van der Waals surface area (Å²) >= 11 is 0. The molecular formula is C17H20N6O. The van der Waals surface area contributed by atoms with Gasteiger partial charge in [0.25, 0.3) is 0 Å². The van der Waals surface area contributed by atoms with Gasteiger partial charge < -0.3 is 9.88 Å². The number of aryl methyl sites for hydroxylation is 1. The summed E-state index contributed by atoms with van der Waals surface area (Å²) in [6.07, 6.45) is 6.35. The maximum Gasteiger partial charge on any atom is 0.324 e. The van der Waals surface area contributed by atoms with Crippen LogP contribution in [0.15, 0.2) is 48.9 Å². The third-order valence-electron chi connectivity index (χ3n) is 3.89. The van der Waals surface area contributed by atoms with Gasteiger partial charge in [-0.3, -0.25) is 10.4 Å². The van der Waals surface area contributed by atoms with Crippen LogP contribution in [0.1, 0.15) is 30.8 Å². The molecule has 3 rings (SSSR count). The van der Waals surface area contributed by atoms with E-state index in [1.54, 1.807) is 12.3 Å². The molecule has 7 heteroatoms. The Kier molecular flexibility index (Phi) is 4.60. The van der Waals surface area contributed by atoms with Gasteiger partial charge in [0, 0.05) is 24.1 Å². The normalized spacial score (nSPS) is 11.9. The van der Waals surface area contributed by atoms with Gasteiger partial charge in [-0.1, -0.05) is 19.1 Å². The Balaban J connectivity index is 1.68. The predicted octanol–water partition coefficient (Wildman–Crippen LogP) is 3.56. The third-order valence-corrected chi connectivity index (χ3v) is 3.89. The van der Waals surface area contributed by atoms with Crippen LogP contribution in [-0.2, 0) is 0 Å². The van der Waals surface area contributed by atoms with E-state index in [-0.39, 0.29) is 12.1 Å². The number of carbonyl (C=O) groups excluding carboxylic acids is 1. The van der Waals surface area contributed by atoms with Gasteiger partial charge in [0.2, 0.25) is 0 Å². The van der Waals surface area contributed by atoms with Crippen LogP contribution in [0, 0.1) is 6.92 Å². The second kappa shape index (κ2) is 6.99. The average Bonchev–Trinajstić information content (AvgIpc) is 3.22. The highest BCUT2D eigenvalue weighted by Crippen LogP contribution is 2.24. The third kappa shape index (κ3) is 3.45. The summed E-state index contributed by atoms with van der Waals surface area (Å²) in [4.78, 5) is 16.2. The number of hydrogen-bond acceptors (Lipinski definition) is 3. The van der Waals surface area contributed by atoms with Crippen molar-refractivity contribution in [2.45, 2.75) is 26.3 Å². The lowest BCUT2D eigenvalue weighted by molar-refractivity contribution is 0.262. The summed E-state index contributed by atoms with van der Waals surface area (Å²) in [5.74, 6) is 1.54. The molecule has 1 aromatic carbocycles. The predicted molar refractivity (Wildman–Crippen MR) is 93.1 cm³/mol. The number of amides is 2. The molecule has 0 bridgehead atoms. The van der Waals surface area contributed by atoms with E-state index in [1.165, 1.54) is 5.56 Å². The number of anilines is 2. The molecule has 0 aliphatic heterocycles. The molecule has 3 aromatic rings. The molecule has 2 amide bonds. The first-order chi connectivity index (χ1) is 11.7. The largest absolute Gasteiger partial charge is 0.328 e. The van der Waals surface area contributed by atoms with E-state index in [9.17, 15) is 4.79 Å². The van der Waals surface area contributed by atoms with Crippen LogP contribution < -0.4 is 10.6 Å². The lowest BCUT2D eigenvalue weighted by Gasteiger charge is -2.19. The zero-order chi connectivity index (χ0) is 16.9. The quantitative estimate of drug-likeness (QED) is 0.670. The first-order valence-electron chi connectivity index (χ1n) is 7.84. The summed E-state index contributed by atoms with van der Waals surface area (Å²) in [5.41, 5.74) is 1.91. The van der Waals surface area contributed by atoms with Crippen LogP contribution in [0.4, 0.5) is 16.3 Å². The number of imidazole rings is 1. The van der Waals surface area contributed by atoms with Gasteiger partial charge >= 0.3 is 6.03 Å². The standard InChI is InChI=1S/C17H20N6O/c1-3-15(23-11-10-18-12(23)2)13-4-6-14(7-5-13)20-17(24)21-16-8-9-19-22-16/h4-11,15H,3H2,1-2H3,(H3,19,20,21,22,24)/t15-/m1/s1. The van der Waals surface area contributed by atoms with Crippen molar-refractivity contribution >= 4 is 17.5 Å². The lowest BCUT2D eigenvalue weighted by atomic mass is 10.0. The van der Waals surface area contributed by atoms with Crippen molar-refractivity contribution in [2.75, 3.05) is 10.6 Å². The minimum absolute atomic E-state index is 0.236. The number of urea groups is 1. The van der Waals surface area contributed by atoms with E-state index < -0.39 is 0 Å². The van der Waals surface area contributed by atoms with Crippen molar-refractivity contribution in [3.63, 3.8) is 0 Å². The molecule has 0 saturated carbocycles. The number of aromatic nitrogens is 4.